The first-order valence-electron chi connectivity index (χ1n) is 9.97. The molecule has 0 aromatic heterocycles. The molecular weight excluding hydrogens is 396 g/mol. The Morgan fingerprint density at radius 3 is 2.10 bits per heavy atom. The fourth-order valence-electron chi connectivity index (χ4n) is 5.21. The lowest BCUT2D eigenvalue weighted by molar-refractivity contribution is -0.127. The van der Waals surface area contributed by atoms with Gasteiger partial charge in [-0.15, -0.1) is 0 Å². The van der Waals surface area contributed by atoms with Crippen molar-refractivity contribution in [2.24, 2.45) is 11.7 Å². The number of nitrogens with zero attached hydrogens (tertiary/aromatic N) is 1. The van der Waals surface area contributed by atoms with Gasteiger partial charge < -0.3 is 24.8 Å². The largest absolute Gasteiger partial charge is 0.497 e. The number of ether oxygens (including phenoxy) is 3. The highest BCUT2D eigenvalue weighted by Gasteiger charge is 2.58. The predicted molar refractivity (Wildman–Crippen MR) is 118 cm³/mol. The standard InChI is InChI=1S/C24H29N2O5/c1-14(27)26-18-12-17(30-6)13-19(31-7)20(18)24(4,21(22(25)28)23(26,2)3)15-8-10-16(29-5)11-9-15/h8-12,21H,1-7H3,(H2,25,28). The number of fused-ring (bicyclic) bond motifs is 1. The second-order valence-corrected chi connectivity index (χ2v) is 8.41. The van der Waals surface area contributed by atoms with E-state index in [0.29, 0.717) is 28.5 Å². The third-order valence-corrected chi connectivity index (χ3v) is 6.32. The molecule has 1 aliphatic heterocycles. The number of carbonyl (C=O) groups is 2. The quantitative estimate of drug-likeness (QED) is 0.795. The first-order valence-corrected chi connectivity index (χ1v) is 9.97. The van der Waals surface area contributed by atoms with Crippen LogP contribution in [-0.4, -0.2) is 38.7 Å². The smallest absolute Gasteiger partial charge is 0.224 e. The van der Waals surface area contributed by atoms with Crippen molar-refractivity contribution >= 4 is 17.5 Å². The van der Waals surface area contributed by atoms with Crippen molar-refractivity contribution < 1.29 is 23.8 Å². The van der Waals surface area contributed by atoms with Crippen LogP contribution in [0.3, 0.4) is 0 Å². The van der Waals surface area contributed by atoms with Crippen LogP contribution in [0.5, 0.6) is 17.2 Å². The maximum atomic E-state index is 13.0. The Bertz CT molecular complexity index is 1020. The van der Waals surface area contributed by atoms with Crippen LogP contribution >= 0.6 is 0 Å². The monoisotopic (exact) mass is 425 g/mol. The molecule has 0 aliphatic carbocycles. The van der Waals surface area contributed by atoms with Crippen molar-refractivity contribution in [2.75, 3.05) is 26.2 Å². The summed E-state index contributed by atoms with van der Waals surface area (Å²) in [5, 5.41) is 0. The lowest BCUT2D eigenvalue weighted by Gasteiger charge is -2.55. The number of benzene rings is 2. The Morgan fingerprint density at radius 2 is 1.65 bits per heavy atom. The second kappa shape index (κ2) is 7.80. The van der Waals surface area contributed by atoms with Crippen LogP contribution in [0.4, 0.5) is 5.69 Å². The molecule has 2 amide bonds. The second-order valence-electron chi connectivity index (χ2n) is 8.41. The molecule has 1 aliphatic rings. The molecule has 0 spiro atoms. The summed E-state index contributed by atoms with van der Waals surface area (Å²) in [6.07, 6.45) is 0. The van der Waals surface area contributed by atoms with Gasteiger partial charge in [-0.25, -0.2) is 0 Å². The Kier molecular flexibility index (Phi) is 5.65. The molecule has 2 atom stereocenters. The summed E-state index contributed by atoms with van der Waals surface area (Å²) >= 11 is 0. The number of nitrogens with two attached hydrogens (primary N) is 1. The Balaban J connectivity index is 2.49. The Hall–Kier alpha value is -3.22. The van der Waals surface area contributed by atoms with E-state index in [1.807, 2.05) is 45.0 Å². The number of anilines is 1. The van der Waals surface area contributed by atoms with E-state index in [1.54, 1.807) is 18.1 Å². The summed E-state index contributed by atoms with van der Waals surface area (Å²) in [7, 11) is 4.65. The molecule has 7 nitrogen and oxygen atoms in total. The van der Waals surface area contributed by atoms with E-state index < -0.39 is 22.8 Å². The zero-order valence-corrected chi connectivity index (χ0v) is 19.0. The lowest BCUT2D eigenvalue weighted by Crippen LogP contribution is -2.65. The van der Waals surface area contributed by atoms with Crippen LogP contribution in [0.15, 0.2) is 30.3 Å². The van der Waals surface area contributed by atoms with E-state index in [9.17, 15) is 9.59 Å². The lowest BCUT2D eigenvalue weighted by atomic mass is 9.57. The number of primary amides is 1. The van der Waals surface area contributed by atoms with Crippen molar-refractivity contribution in [3.05, 3.63) is 47.5 Å². The third-order valence-electron chi connectivity index (χ3n) is 6.32. The number of hydrogen-bond acceptors (Lipinski definition) is 5. The van der Waals surface area contributed by atoms with Gasteiger partial charge in [0.2, 0.25) is 11.8 Å². The molecule has 2 unspecified atom stereocenters. The van der Waals surface area contributed by atoms with E-state index in [2.05, 4.69) is 6.07 Å². The SMILES string of the molecule is COc1[c]c(OC)c2c(c1)N(C(C)=O)C(C)(C)C(C(N)=O)C2(C)c1ccc(OC)cc1. The van der Waals surface area contributed by atoms with E-state index in [4.69, 9.17) is 19.9 Å². The Morgan fingerprint density at radius 1 is 1.03 bits per heavy atom. The summed E-state index contributed by atoms with van der Waals surface area (Å²) in [6.45, 7) is 7.12. The molecule has 3 rings (SSSR count). The third kappa shape index (κ3) is 3.28. The molecule has 0 bridgehead atoms. The number of amides is 2. The van der Waals surface area contributed by atoms with Crippen LogP contribution in [0, 0.1) is 12.0 Å². The van der Waals surface area contributed by atoms with E-state index >= 15 is 0 Å². The fourth-order valence-corrected chi connectivity index (χ4v) is 5.21. The molecule has 0 fully saturated rings. The van der Waals surface area contributed by atoms with Crippen LogP contribution in [0.2, 0.25) is 0 Å². The summed E-state index contributed by atoms with van der Waals surface area (Å²) in [5.74, 6) is 0.00739. The van der Waals surface area contributed by atoms with Gasteiger partial charge in [0.05, 0.1) is 44.5 Å². The minimum Gasteiger partial charge on any atom is -0.497 e. The minimum atomic E-state index is -0.934. The van der Waals surface area contributed by atoms with E-state index in [0.717, 1.165) is 5.56 Å². The molecule has 1 radical (unpaired) electrons. The summed E-state index contributed by atoms with van der Waals surface area (Å²) in [6, 6.07) is 12.3. The zero-order valence-electron chi connectivity index (χ0n) is 19.0. The highest BCUT2D eigenvalue weighted by Crippen LogP contribution is 2.57. The molecular formula is C24H29N2O5. The molecule has 2 aromatic carbocycles. The van der Waals surface area contributed by atoms with Crippen LogP contribution in [-0.2, 0) is 15.0 Å². The molecule has 2 aromatic rings. The first kappa shape index (κ1) is 22.5. The molecule has 31 heavy (non-hydrogen) atoms. The van der Waals surface area contributed by atoms with Gasteiger partial charge in [-0.2, -0.15) is 0 Å². The molecule has 0 saturated heterocycles. The minimum absolute atomic E-state index is 0.218. The molecule has 1 heterocycles. The highest BCUT2D eigenvalue weighted by molar-refractivity contribution is 5.99. The normalized spacial score (nSPS) is 21.8. The summed E-state index contributed by atoms with van der Waals surface area (Å²) in [4.78, 5) is 27.4. The zero-order chi connectivity index (χ0) is 23.1. The maximum Gasteiger partial charge on any atom is 0.224 e. The molecule has 165 valence electrons. The van der Waals surface area contributed by atoms with Crippen LogP contribution in [0.25, 0.3) is 0 Å². The van der Waals surface area contributed by atoms with Gasteiger partial charge in [0.1, 0.15) is 17.2 Å². The van der Waals surface area contributed by atoms with E-state index in [1.165, 1.54) is 21.1 Å². The Labute approximate surface area is 183 Å². The summed E-state index contributed by atoms with van der Waals surface area (Å²) in [5.41, 5.74) is 6.24. The highest BCUT2D eigenvalue weighted by atomic mass is 16.5. The van der Waals surface area contributed by atoms with Crippen molar-refractivity contribution in [1.82, 2.24) is 0 Å². The van der Waals surface area contributed by atoms with Gasteiger partial charge in [0.15, 0.2) is 0 Å². The maximum absolute atomic E-state index is 13.0. The summed E-state index contributed by atoms with van der Waals surface area (Å²) < 4.78 is 16.4. The van der Waals surface area contributed by atoms with Gasteiger partial charge in [-0.1, -0.05) is 19.1 Å². The van der Waals surface area contributed by atoms with E-state index in [-0.39, 0.29) is 5.91 Å². The van der Waals surface area contributed by atoms with Crippen molar-refractivity contribution in [3.63, 3.8) is 0 Å². The van der Waals surface area contributed by atoms with Crippen molar-refractivity contribution in [2.45, 2.75) is 38.6 Å². The van der Waals surface area contributed by atoms with Gasteiger partial charge in [0, 0.05) is 24.0 Å². The average molecular weight is 426 g/mol. The number of hydrogen-bond donors (Lipinski definition) is 1. The number of rotatable bonds is 5. The predicted octanol–water partition coefficient (Wildman–Crippen LogP) is 3.07. The van der Waals surface area contributed by atoms with Gasteiger partial charge in [-0.3, -0.25) is 9.59 Å². The van der Waals surface area contributed by atoms with Crippen LogP contribution < -0.4 is 24.8 Å². The molecule has 0 saturated carbocycles. The topological polar surface area (TPSA) is 91.1 Å². The van der Waals surface area contributed by atoms with Gasteiger partial charge >= 0.3 is 0 Å². The molecule has 7 heteroatoms. The van der Waals surface area contributed by atoms with Gasteiger partial charge in [0.25, 0.3) is 0 Å². The first-order chi connectivity index (χ1) is 14.5. The van der Waals surface area contributed by atoms with Gasteiger partial charge in [-0.05, 0) is 31.5 Å². The molecule has 2 N–H and O–H groups in total. The fraction of sp³-hybridized carbons (Fsp3) is 0.417. The number of methoxy groups -OCH3 is 3. The van der Waals surface area contributed by atoms with Crippen LogP contribution in [0.1, 0.15) is 38.8 Å². The average Bonchev–Trinajstić information content (AvgIpc) is 2.71. The van der Waals surface area contributed by atoms with Crippen molar-refractivity contribution in [3.8, 4) is 17.2 Å². The number of carbonyl (C=O) groups excluding carboxylic acids is 2. The van der Waals surface area contributed by atoms with Crippen molar-refractivity contribution in [1.29, 1.82) is 0 Å².